The van der Waals surface area contributed by atoms with E-state index < -0.39 is 79.0 Å². The van der Waals surface area contributed by atoms with E-state index in [9.17, 15) is 79.1 Å². The molecule has 35 heteroatoms. The second-order valence-electron chi connectivity index (χ2n) is 28.3. The molecular weight excluding hydrogens is 1590 g/mol. The lowest BCUT2D eigenvalue weighted by Crippen LogP contribution is -2.41. The predicted octanol–water partition coefficient (Wildman–Crippen LogP) is 18.0. The Bertz CT molecular complexity index is 4780. The normalized spacial score (nSPS) is 21.4. The Morgan fingerprint density at radius 2 is 1.06 bits per heavy atom. The van der Waals surface area contributed by atoms with Gasteiger partial charge in [0, 0.05) is 66.5 Å². The number of carboxylic acid groups (broad SMARTS) is 1. The molecule has 7 aliphatic rings. The van der Waals surface area contributed by atoms with Gasteiger partial charge in [0.2, 0.25) is 5.91 Å². The van der Waals surface area contributed by atoms with E-state index in [2.05, 4.69) is 91.0 Å². The van der Waals surface area contributed by atoms with Gasteiger partial charge in [0.15, 0.2) is 19.7 Å². The number of pyridine rings is 4. The molecule has 5 fully saturated rings. The number of likely N-dealkylation sites (tertiary alicyclic amines) is 1. The zero-order chi connectivity index (χ0) is 79.2. The molecule has 0 bridgehead atoms. The summed E-state index contributed by atoms with van der Waals surface area (Å²) in [6, 6.07) is 19.7. The molecule has 0 radical (unpaired) electrons. The molecule has 3 aliphatic heterocycles. The Kier molecular flexibility index (Phi) is 26.2. The van der Waals surface area contributed by atoms with Crippen LogP contribution in [0.15, 0.2) is 153 Å². The largest absolute Gasteiger partial charge is 0.490 e. The lowest BCUT2D eigenvalue weighted by Gasteiger charge is -2.32. The van der Waals surface area contributed by atoms with E-state index in [1.54, 1.807) is 46.3 Å². The Morgan fingerprint density at radius 1 is 0.587 bits per heavy atom. The lowest BCUT2D eigenvalue weighted by molar-refractivity contribution is -0.138. The van der Waals surface area contributed by atoms with Crippen molar-refractivity contribution in [1.29, 1.82) is 0 Å². The van der Waals surface area contributed by atoms with Crippen LogP contribution < -0.4 is 5.32 Å². The molecular formula is C74H78BBrF12N8O9S4. The Morgan fingerprint density at radius 3 is 1.50 bits per heavy atom. The summed E-state index contributed by atoms with van der Waals surface area (Å²) in [6.45, 7) is 11.2. The van der Waals surface area contributed by atoms with Crippen LogP contribution in [0.1, 0.15) is 157 Å². The number of hydrogen-bond donors (Lipinski definition) is 2. The van der Waals surface area contributed by atoms with Crippen LogP contribution in [0.3, 0.4) is 0 Å². The maximum Gasteiger partial charge on any atom is 0.490 e. The van der Waals surface area contributed by atoms with Crippen molar-refractivity contribution in [3.05, 3.63) is 182 Å². The maximum atomic E-state index is 12.9. The van der Waals surface area contributed by atoms with Gasteiger partial charge in [-0.1, -0.05) is 24.3 Å². The van der Waals surface area contributed by atoms with Gasteiger partial charge in [0.1, 0.15) is 4.60 Å². The van der Waals surface area contributed by atoms with Crippen molar-refractivity contribution in [2.45, 2.75) is 174 Å². The Hall–Kier alpha value is -7.28. The lowest BCUT2D eigenvalue weighted by atomic mass is 9.73. The maximum absolute atomic E-state index is 12.9. The van der Waals surface area contributed by atoms with Gasteiger partial charge >= 0.3 is 37.8 Å². The number of amides is 1. The topological polar surface area (TPSA) is 234 Å². The highest BCUT2D eigenvalue weighted by atomic mass is 79.9. The third kappa shape index (κ3) is 21.1. The predicted molar refractivity (Wildman–Crippen MR) is 392 cm³/mol. The monoisotopic (exact) mass is 1670 g/mol. The number of thiazole rings is 2. The number of carboxylic acids is 1. The highest BCUT2D eigenvalue weighted by molar-refractivity contribution is 9.10. The van der Waals surface area contributed by atoms with Crippen LogP contribution in [0.25, 0.3) is 26.0 Å². The van der Waals surface area contributed by atoms with Crippen LogP contribution in [0, 0.1) is 11.8 Å². The van der Waals surface area contributed by atoms with Crippen LogP contribution in [-0.2, 0) is 74.1 Å². The number of rotatable bonds is 12. The molecule has 0 spiro atoms. The molecule has 3 saturated heterocycles. The number of halogens is 13. The van der Waals surface area contributed by atoms with Crippen molar-refractivity contribution in [1.82, 2.24) is 40.1 Å². The van der Waals surface area contributed by atoms with Crippen molar-refractivity contribution < 1.29 is 93.5 Å². The zero-order valence-corrected chi connectivity index (χ0v) is 64.3. The summed E-state index contributed by atoms with van der Waals surface area (Å²) in [5.74, 6) is -1.34. The number of aromatic nitrogens is 6. The molecule has 15 rings (SSSR count). The van der Waals surface area contributed by atoms with Gasteiger partial charge in [-0.05, 0) is 229 Å². The quantitative estimate of drug-likeness (QED) is 0.0657. The standard InChI is InChI=1S/C22H20F3N3O3S2.C12H21BO2.C12H13F3N2.C12H12F3N.C10H9NO4S2.C6H3BrF3N/c23-22(24,25)14-4-5-18(26-11-14)21-7-8-28(12-15(21)10-21)19(29)6-9-33(30,31)17-3-1-2-16-20(17)32-13-27-16;1-11(2)12(3,4)15-13(14-11)10-8-6-5-7-9-10;13-12(14,15)8-1-2-10(17-7-8)11-3-4-16-6-9(11)5-11;13-12(14,15)10-6-7-11(16-8-10)9-4-2-1-3-5-9;12-9(13)4-5-17(14,15)8-3-1-2-7-10(8)16-6-11-7;7-5-2-1-4(3-11-5)6(8,9)10/h1-5,11,13,15H,6-10,12H2;8H,5-7,9H2,1-4H3;1-2,7,9,16H,3-6H2;4,6-8H,1-3,5H2;1-3,6H,4-5H2,(H,12,13);1-3H. The molecule has 17 nitrogen and oxygen atoms in total. The SMILES string of the molecule is CC1(C)OB(C2=CCCCC2)OC1(C)C.FC(F)(F)c1ccc(Br)nc1.FC(F)(F)c1ccc(C23CCNCC2C3)nc1.FC(F)(F)c1ccc(C2=CCCCC2)nc1.O=C(CCS(=O)(=O)c1cccc2ncsc12)N1CCC2(c3ccc(C(F)(F)F)cn3)CC2C1.O=C(O)CCS(=O)(=O)c1cccc2ncsc12. The van der Waals surface area contributed by atoms with Crippen molar-refractivity contribution in [2.24, 2.45) is 11.8 Å². The number of aliphatic carboxylic acids is 1. The van der Waals surface area contributed by atoms with Crippen LogP contribution in [0.5, 0.6) is 0 Å². The minimum Gasteiger partial charge on any atom is -0.481 e. The van der Waals surface area contributed by atoms with Crippen molar-refractivity contribution in [2.75, 3.05) is 37.7 Å². The first-order valence-corrected chi connectivity index (χ1v) is 40.8. The number of alkyl halides is 12. The molecule has 4 unspecified atom stereocenters. The van der Waals surface area contributed by atoms with Crippen LogP contribution in [0.2, 0.25) is 0 Å². The number of fused-ring (bicyclic) bond motifs is 4. The van der Waals surface area contributed by atoms with Gasteiger partial charge < -0.3 is 24.6 Å². The Labute approximate surface area is 639 Å². The number of nitrogens with zero attached hydrogens (tertiary/aromatic N) is 7. The molecule has 1 amide bonds. The fourth-order valence-electron chi connectivity index (χ4n) is 13.5. The van der Waals surface area contributed by atoms with E-state index in [4.69, 9.17) is 14.4 Å². The van der Waals surface area contributed by atoms with E-state index in [1.807, 2.05) is 0 Å². The summed E-state index contributed by atoms with van der Waals surface area (Å²) >= 11 is 5.43. The van der Waals surface area contributed by atoms with Gasteiger partial charge in [-0.15, -0.1) is 22.7 Å². The first kappa shape index (κ1) is 84.2. The molecule has 2 N–H and O–H groups in total. The smallest absolute Gasteiger partial charge is 0.481 e. The fourth-order valence-corrected chi connectivity index (χ4v) is 18.8. The zero-order valence-electron chi connectivity index (χ0n) is 59.5. The number of benzene rings is 2. The van der Waals surface area contributed by atoms with Crippen LogP contribution in [0.4, 0.5) is 52.7 Å². The first-order chi connectivity index (χ1) is 51.1. The highest BCUT2D eigenvalue weighted by Gasteiger charge is 2.60. The molecule has 4 atom stereocenters. The van der Waals surface area contributed by atoms with Crippen LogP contribution >= 0.6 is 38.6 Å². The van der Waals surface area contributed by atoms with Crippen molar-refractivity contribution in [3.8, 4) is 0 Å². The molecule has 2 saturated carbocycles. The van der Waals surface area contributed by atoms with Gasteiger partial charge in [0.25, 0.3) is 0 Å². The molecule has 2 aromatic carbocycles. The highest BCUT2D eigenvalue weighted by Crippen LogP contribution is 2.59. The van der Waals surface area contributed by atoms with E-state index in [0.717, 1.165) is 125 Å². The molecule has 8 aromatic rings. The number of carbonyl (C=O) groups excluding carboxylic acids is 1. The fraction of sp³-hybridized carbons (Fsp3) is 0.459. The summed E-state index contributed by atoms with van der Waals surface area (Å²) < 4.78 is 211. The summed E-state index contributed by atoms with van der Waals surface area (Å²) in [7, 11) is -7.31. The molecule has 586 valence electrons. The second kappa shape index (κ2) is 34.0. The molecule has 109 heavy (non-hydrogen) atoms. The number of piperidine rings is 2. The third-order valence-corrected chi connectivity index (χ3v) is 26.5. The van der Waals surface area contributed by atoms with E-state index >= 15 is 0 Å². The summed E-state index contributed by atoms with van der Waals surface area (Å²) in [6.07, 6.45) is 2.53. The van der Waals surface area contributed by atoms with Crippen molar-refractivity contribution in [3.63, 3.8) is 0 Å². The first-order valence-electron chi connectivity index (χ1n) is 35.0. The summed E-state index contributed by atoms with van der Waals surface area (Å²) in [5, 5.41) is 11.8. The van der Waals surface area contributed by atoms with E-state index in [-0.39, 0.29) is 68.7 Å². The van der Waals surface area contributed by atoms with Crippen molar-refractivity contribution >= 4 is 103 Å². The van der Waals surface area contributed by atoms with Gasteiger partial charge in [-0.25, -0.2) is 31.8 Å². The average Bonchev–Trinajstić information content (AvgIpc) is 1.57. The summed E-state index contributed by atoms with van der Waals surface area (Å²) in [4.78, 5) is 48.8. The van der Waals surface area contributed by atoms with E-state index in [0.29, 0.717) is 61.9 Å². The van der Waals surface area contributed by atoms with E-state index in [1.165, 1.54) is 77.7 Å². The van der Waals surface area contributed by atoms with Gasteiger partial charge in [0.05, 0.1) is 98.3 Å². The van der Waals surface area contributed by atoms with Gasteiger partial charge in [-0.2, -0.15) is 52.7 Å². The molecule has 6 aromatic heterocycles. The summed E-state index contributed by atoms with van der Waals surface area (Å²) in [5.41, 5.74) is 5.47. The minimum absolute atomic E-state index is 0.0649. The molecule has 4 aliphatic carbocycles. The minimum atomic E-state index is -4.42. The Balaban J connectivity index is 0.000000145. The second-order valence-corrected chi connectivity index (χ2v) is 35.0. The third-order valence-electron chi connectivity index (χ3n) is 20.6. The van der Waals surface area contributed by atoms with Gasteiger partial charge in [-0.3, -0.25) is 24.5 Å². The average molecular weight is 1670 g/mol. The number of hydrogen-bond acceptors (Lipinski definition) is 17. The number of sulfone groups is 2. The van der Waals surface area contributed by atoms with Crippen LogP contribution in [-0.4, -0.2) is 125 Å². The number of nitrogens with one attached hydrogen (secondary N) is 1. The number of carbonyl (C=O) groups is 2. The number of allylic oxidation sites excluding steroid dienone is 4. The molecule has 9 heterocycles.